The Labute approximate surface area is 157 Å². The number of methoxy groups -OCH3 is 1. The number of carbonyl (C=O) groups excluding carboxylic acids is 1. The molecule has 2 rings (SSSR count). The summed E-state index contributed by atoms with van der Waals surface area (Å²) in [6.07, 6.45) is 1.83. The summed E-state index contributed by atoms with van der Waals surface area (Å²) in [5, 5.41) is 11.5. The molecule has 0 N–H and O–H groups in total. The zero-order valence-electron chi connectivity index (χ0n) is 15.5. The number of anilines is 1. The van der Waals surface area contributed by atoms with Gasteiger partial charge in [-0.1, -0.05) is 17.7 Å². The van der Waals surface area contributed by atoms with Gasteiger partial charge >= 0.3 is 0 Å². The van der Waals surface area contributed by atoms with Crippen LogP contribution in [0.25, 0.3) is 0 Å². The van der Waals surface area contributed by atoms with E-state index in [0.29, 0.717) is 16.3 Å². The molecule has 0 unspecified atom stereocenters. The molecule has 26 heavy (non-hydrogen) atoms. The van der Waals surface area contributed by atoms with Crippen molar-refractivity contribution in [1.29, 1.82) is 0 Å². The van der Waals surface area contributed by atoms with Gasteiger partial charge in [-0.3, -0.25) is 14.9 Å². The van der Waals surface area contributed by atoms with Crippen LogP contribution in [0.2, 0.25) is 0 Å². The molecule has 0 aliphatic carbocycles. The summed E-state index contributed by atoms with van der Waals surface area (Å²) in [4.78, 5) is 26.5. The summed E-state index contributed by atoms with van der Waals surface area (Å²) >= 11 is 1.37. The highest BCUT2D eigenvalue weighted by Gasteiger charge is 2.29. The predicted molar refractivity (Wildman–Crippen MR) is 105 cm³/mol. The molecule has 0 fully saturated rings. The molecule has 6 nitrogen and oxygen atoms in total. The lowest BCUT2D eigenvalue weighted by atomic mass is 10.1. The van der Waals surface area contributed by atoms with E-state index in [1.165, 1.54) is 31.0 Å². The fourth-order valence-corrected chi connectivity index (χ4v) is 3.25. The molecule has 0 heterocycles. The summed E-state index contributed by atoms with van der Waals surface area (Å²) < 4.78 is 5.22. The van der Waals surface area contributed by atoms with E-state index in [4.69, 9.17) is 4.74 Å². The number of aryl methyl sites for hydroxylation is 1. The van der Waals surface area contributed by atoms with Gasteiger partial charge in [0.05, 0.1) is 23.0 Å². The molecular weight excluding hydrogens is 352 g/mol. The maximum Gasteiger partial charge on any atom is 0.285 e. The number of hydrogen-bond donors (Lipinski definition) is 0. The minimum atomic E-state index is -0.548. The van der Waals surface area contributed by atoms with E-state index < -0.39 is 10.8 Å². The van der Waals surface area contributed by atoms with Gasteiger partial charge in [0.1, 0.15) is 11.3 Å². The highest BCUT2D eigenvalue weighted by molar-refractivity contribution is 7.98. The van der Waals surface area contributed by atoms with Crippen LogP contribution in [0.5, 0.6) is 5.75 Å². The summed E-state index contributed by atoms with van der Waals surface area (Å²) in [6.45, 7) is 5.72. The van der Waals surface area contributed by atoms with Gasteiger partial charge in [-0.05, 0) is 45.2 Å². The highest BCUT2D eigenvalue weighted by Crippen LogP contribution is 2.36. The Hall–Kier alpha value is -2.54. The van der Waals surface area contributed by atoms with Crippen LogP contribution in [0.15, 0.2) is 41.3 Å². The van der Waals surface area contributed by atoms with Crippen LogP contribution in [0.1, 0.15) is 29.8 Å². The molecule has 0 saturated carbocycles. The Morgan fingerprint density at radius 3 is 2.31 bits per heavy atom. The van der Waals surface area contributed by atoms with Gasteiger partial charge in [-0.25, -0.2) is 0 Å². The molecule has 0 aliphatic rings. The summed E-state index contributed by atoms with van der Waals surface area (Å²) in [5.41, 5.74) is 1.56. The molecular formula is C19H22N2O4S. The van der Waals surface area contributed by atoms with Gasteiger partial charge in [0.15, 0.2) is 0 Å². The van der Waals surface area contributed by atoms with Crippen LogP contribution in [0, 0.1) is 17.0 Å². The predicted octanol–water partition coefficient (Wildman–Crippen LogP) is 4.69. The molecule has 7 heteroatoms. The van der Waals surface area contributed by atoms with Crippen molar-refractivity contribution < 1.29 is 14.5 Å². The Morgan fingerprint density at radius 2 is 1.85 bits per heavy atom. The van der Waals surface area contributed by atoms with Crippen molar-refractivity contribution in [3.05, 3.63) is 57.6 Å². The van der Waals surface area contributed by atoms with Crippen LogP contribution >= 0.6 is 11.8 Å². The van der Waals surface area contributed by atoms with Gasteiger partial charge in [-0.2, -0.15) is 0 Å². The molecule has 2 aromatic rings. The number of amides is 1. The Kier molecular flexibility index (Phi) is 6.26. The topological polar surface area (TPSA) is 72.7 Å². The zero-order chi connectivity index (χ0) is 19.4. The number of ether oxygens (including phenoxy) is 1. The summed E-state index contributed by atoms with van der Waals surface area (Å²) in [5.74, 6) is -0.0271. The van der Waals surface area contributed by atoms with Crippen LogP contribution < -0.4 is 9.64 Å². The average Bonchev–Trinajstić information content (AvgIpc) is 2.61. The molecule has 138 valence electrons. The maximum absolute atomic E-state index is 13.2. The number of nitrogens with zero attached hydrogens (tertiary/aromatic N) is 2. The number of hydrogen-bond acceptors (Lipinski definition) is 5. The lowest BCUT2D eigenvalue weighted by Gasteiger charge is -2.27. The SMILES string of the molecule is COc1cc([N+](=O)[O-])c(C(=O)N(c2ccc(C)cc2)C(C)C)cc1SC. The average molecular weight is 374 g/mol. The minimum Gasteiger partial charge on any atom is -0.495 e. The number of thioether (sulfide) groups is 1. The van der Waals surface area contributed by atoms with E-state index in [0.717, 1.165) is 5.56 Å². The lowest BCUT2D eigenvalue weighted by Crippen LogP contribution is -2.37. The zero-order valence-corrected chi connectivity index (χ0v) is 16.3. The molecule has 0 atom stereocenters. The number of carbonyl (C=O) groups is 1. The summed E-state index contributed by atoms with van der Waals surface area (Å²) in [6, 6.07) is 10.2. The molecule has 0 aliphatic heterocycles. The van der Waals surface area contributed by atoms with E-state index in [2.05, 4.69) is 0 Å². The first-order chi connectivity index (χ1) is 12.3. The third-order valence-electron chi connectivity index (χ3n) is 3.98. The molecule has 0 radical (unpaired) electrons. The second kappa shape index (κ2) is 8.23. The van der Waals surface area contributed by atoms with Crippen molar-refractivity contribution in [2.45, 2.75) is 31.7 Å². The van der Waals surface area contributed by atoms with Crippen molar-refractivity contribution in [2.24, 2.45) is 0 Å². The van der Waals surface area contributed by atoms with E-state index in [1.807, 2.05) is 51.3 Å². The van der Waals surface area contributed by atoms with E-state index in [-0.39, 0.29) is 17.3 Å². The fraction of sp³-hybridized carbons (Fsp3) is 0.316. The Balaban J connectivity index is 2.61. The Morgan fingerprint density at radius 1 is 1.23 bits per heavy atom. The minimum absolute atomic E-state index is 0.0504. The van der Waals surface area contributed by atoms with Gasteiger partial charge in [-0.15, -0.1) is 11.8 Å². The van der Waals surface area contributed by atoms with E-state index in [1.54, 1.807) is 4.90 Å². The van der Waals surface area contributed by atoms with Crippen LogP contribution in [-0.4, -0.2) is 30.2 Å². The second-order valence-corrected chi connectivity index (χ2v) is 6.93. The standard InChI is InChI=1S/C19H22N2O4S/c1-12(2)20(14-8-6-13(3)7-9-14)19(22)15-10-18(26-5)17(25-4)11-16(15)21(23)24/h6-12H,1-5H3. The first kappa shape index (κ1) is 19.8. The molecule has 0 bridgehead atoms. The van der Waals surface area contributed by atoms with Gasteiger partial charge < -0.3 is 9.64 Å². The second-order valence-electron chi connectivity index (χ2n) is 6.09. The van der Waals surface area contributed by atoms with Crippen molar-refractivity contribution in [2.75, 3.05) is 18.3 Å². The van der Waals surface area contributed by atoms with Gasteiger partial charge in [0.25, 0.3) is 11.6 Å². The van der Waals surface area contributed by atoms with Crippen LogP contribution in [-0.2, 0) is 0 Å². The molecule has 0 saturated heterocycles. The number of nitro benzene ring substituents is 1. The van der Waals surface area contributed by atoms with E-state index >= 15 is 0 Å². The number of nitro groups is 1. The van der Waals surface area contributed by atoms with Crippen molar-refractivity contribution >= 4 is 29.0 Å². The first-order valence-electron chi connectivity index (χ1n) is 8.10. The maximum atomic E-state index is 13.2. The van der Waals surface area contributed by atoms with Crippen molar-refractivity contribution in [1.82, 2.24) is 0 Å². The number of rotatable bonds is 6. The molecule has 2 aromatic carbocycles. The van der Waals surface area contributed by atoms with Gasteiger partial charge in [0, 0.05) is 11.7 Å². The monoisotopic (exact) mass is 374 g/mol. The van der Waals surface area contributed by atoms with Crippen molar-refractivity contribution in [3.8, 4) is 5.75 Å². The van der Waals surface area contributed by atoms with Crippen LogP contribution in [0.3, 0.4) is 0 Å². The van der Waals surface area contributed by atoms with E-state index in [9.17, 15) is 14.9 Å². The molecule has 1 amide bonds. The summed E-state index contributed by atoms with van der Waals surface area (Å²) in [7, 11) is 1.45. The van der Waals surface area contributed by atoms with Gasteiger partial charge in [0.2, 0.25) is 0 Å². The third kappa shape index (κ3) is 3.99. The quantitative estimate of drug-likeness (QED) is 0.417. The third-order valence-corrected chi connectivity index (χ3v) is 4.74. The Bertz CT molecular complexity index is 819. The lowest BCUT2D eigenvalue weighted by molar-refractivity contribution is -0.385. The fourth-order valence-electron chi connectivity index (χ4n) is 2.68. The number of benzene rings is 2. The van der Waals surface area contributed by atoms with Crippen molar-refractivity contribution in [3.63, 3.8) is 0 Å². The molecule has 0 spiro atoms. The highest BCUT2D eigenvalue weighted by atomic mass is 32.2. The normalized spacial score (nSPS) is 10.7. The molecule has 0 aromatic heterocycles. The smallest absolute Gasteiger partial charge is 0.285 e. The first-order valence-corrected chi connectivity index (χ1v) is 9.33. The largest absolute Gasteiger partial charge is 0.495 e. The van der Waals surface area contributed by atoms with Crippen LogP contribution in [0.4, 0.5) is 11.4 Å².